The number of hydrogen-bond donors (Lipinski definition) is 2. The largest absolute Gasteiger partial charge is 0.470 e. The second-order valence-electron chi connectivity index (χ2n) is 5.29. The molecule has 0 heterocycles. The normalized spacial score (nSPS) is 14.9. The van der Waals surface area contributed by atoms with Crippen LogP contribution in [0.25, 0.3) is 0 Å². The van der Waals surface area contributed by atoms with Gasteiger partial charge in [0.05, 0.1) is 5.60 Å². The Balaban J connectivity index is 3.95. The summed E-state index contributed by atoms with van der Waals surface area (Å²) in [6, 6.07) is 0. The minimum Gasteiger partial charge on any atom is -0.303 e. The van der Waals surface area contributed by atoms with E-state index in [0.717, 1.165) is 12.8 Å². The third kappa shape index (κ3) is 8.78. The van der Waals surface area contributed by atoms with Gasteiger partial charge in [-0.1, -0.05) is 46.0 Å². The van der Waals surface area contributed by atoms with Crippen LogP contribution in [0.15, 0.2) is 0 Å². The van der Waals surface area contributed by atoms with Crippen molar-refractivity contribution in [1.82, 2.24) is 0 Å². The Labute approximate surface area is 105 Å². The minimum atomic E-state index is -4.39. The predicted molar refractivity (Wildman–Crippen MR) is 69.7 cm³/mol. The summed E-state index contributed by atoms with van der Waals surface area (Å²) in [4.78, 5) is 17.7. The zero-order valence-electron chi connectivity index (χ0n) is 11.5. The molecule has 1 unspecified atom stereocenters. The Morgan fingerprint density at radius 3 is 2.18 bits per heavy atom. The molecule has 0 aliphatic carbocycles. The van der Waals surface area contributed by atoms with Gasteiger partial charge >= 0.3 is 7.82 Å². The Kier molecular flexibility index (Phi) is 7.57. The van der Waals surface area contributed by atoms with E-state index in [1.165, 1.54) is 25.7 Å². The molecule has 0 saturated carbocycles. The van der Waals surface area contributed by atoms with E-state index >= 15 is 0 Å². The molecule has 0 fully saturated rings. The molecule has 0 aliphatic heterocycles. The first kappa shape index (κ1) is 17.1. The molecule has 0 aromatic heterocycles. The van der Waals surface area contributed by atoms with Crippen LogP contribution in [0.2, 0.25) is 0 Å². The fourth-order valence-electron chi connectivity index (χ4n) is 1.80. The van der Waals surface area contributed by atoms with Crippen LogP contribution in [0.4, 0.5) is 0 Å². The maximum atomic E-state index is 10.8. The third-order valence-corrected chi connectivity index (χ3v) is 3.99. The summed E-state index contributed by atoms with van der Waals surface area (Å²) in [5, 5.41) is 0. The fourth-order valence-corrected chi connectivity index (χ4v) is 2.59. The van der Waals surface area contributed by atoms with Gasteiger partial charge in [-0.3, -0.25) is 4.52 Å². The van der Waals surface area contributed by atoms with Crippen molar-refractivity contribution >= 4 is 7.82 Å². The molecule has 17 heavy (non-hydrogen) atoms. The molecule has 0 spiro atoms. The molecular weight excluding hydrogens is 239 g/mol. The lowest BCUT2D eigenvalue weighted by Crippen LogP contribution is -2.31. The molecule has 104 valence electrons. The van der Waals surface area contributed by atoms with Crippen LogP contribution in [-0.4, -0.2) is 15.4 Å². The van der Waals surface area contributed by atoms with Gasteiger partial charge in [0.25, 0.3) is 0 Å². The van der Waals surface area contributed by atoms with E-state index < -0.39 is 13.4 Å². The lowest BCUT2D eigenvalue weighted by atomic mass is 9.88. The van der Waals surface area contributed by atoms with Gasteiger partial charge in [0.15, 0.2) is 0 Å². The molecule has 0 rings (SSSR count). The maximum Gasteiger partial charge on any atom is 0.470 e. The number of unbranched alkanes of at least 4 members (excludes halogenated alkanes) is 4. The zero-order chi connectivity index (χ0) is 13.5. The molecule has 1 atom stereocenters. The highest BCUT2D eigenvalue weighted by Crippen LogP contribution is 2.44. The van der Waals surface area contributed by atoms with E-state index in [1.807, 2.05) is 6.92 Å². The summed E-state index contributed by atoms with van der Waals surface area (Å²) in [6.07, 6.45) is 6.94. The quantitative estimate of drug-likeness (QED) is 0.491. The van der Waals surface area contributed by atoms with Crippen LogP contribution < -0.4 is 0 Å². The smallest absolute Gasteiger partial charge is 0.303 e. The second-order valence-corrected chi connectivity index (χ2v) is 6.45. The van der Waals surface area contributed by atoms with E-state index in [0.29, 0.717) is 0 Å². The van der Waals surface area contributed by atoms with Crippen LogP contribution in [0.1, 0.15) is 66.2 Å². The molecule has 4 nitrogen and oxygen atoms in total. The molecule has 0 aromatic carbocycles. The predicted octanol–water partition coefficient (Wildman–Crippen LogP) is 3.87. The first-order chi connectivity index (χ1) is 7.69. The fraction of sp³-hybridized carbons (Fsp3) is 1.00. The van der Waals surface area contributed by atoms with E-state index in [1.54, 1.807) is 13.8 Å². The third-order valence-electron chi connectivity index (χ3n) is 3.28. The summed E-state index contributed by atoms with van der Waals surface area (Å²) in [7, 11) is -4.39. The lowest BCUT2D eigenvalue weighted by molar-refractivity contribution is 0.0167. The second kappa shape index (κ2) is 7.52. The average Bonchev–Trinajstić information content (AvgIpc) is 2.13. The van der Waals surface area contributed by atoms with Crippen molar-refractivity contribution in [2.45, 2.75) is 71.8 Å². The summed E-state index contributed by atoms with van der Waals surface area (Å²) in [6.45, 7) is 7.64. The average molecular weight is 266 g/mol. The first-order valence-corrected chi connectivity index (χ1v) is 7.98. The molecule has 0 saturated heterocycles. The van der Waals surface area contributed by atoms with Gasteiger partial charge in [-0.2, -0.15) is 0 Å². The van der Waals surface area contributed by atoms with Crippen molar-refractivity contribution in [2.24, 2.45) is 5.92 Å². The molecule has 0 aliphatic rings. The van der Waals surface area contributed by atoms with Crippen molar-refractivity contribution in [2.75, 3.05) is 0 Å². The summed E-state index contributed by atoms with van der Waals surface area (Å²) < 4.78 is 15.7. The Bertz CT molecular complexity index is 247. The maximum absolute atomic E-state index is 10.8. The Morgan fingerprint density at radius 2 is 1.71 bits per heavy atom. The number of phosphoric acid groups is 1. The highest BCUT2D eigenvalue weighted by atomic mass is 31.2. The van der Waals surface area contributed by atoms with Crippen LogP contribution in [0.5, 0.6) is 0 Å². The Morgan fingerprint density at radius 1 is 1.18 bits per heavy atom. The highest BCUT2D eigenvalue weighted by Gasteiger charge is 2.33. The van der Waals surface area contributed by atoms with E-state index in [4.69, 9.17) is 14.3 Å². The van der Waals surface area contributed by atoms with E-state index in [2.05, 4.69) is 6.92 Å². The first-order valence-electron chi connectivity index (χ1n) is 6.45. The van der Waals surface area contributed by atoms with Crippen LogP contribution in [-0.2, 0) is 9.09 Å². The van der Waals surface area contributed by atoms with Gasteiger partial charge in [0.2, 0.25) is 0 Å². The van der Waals surface area contributed by atoms with Gasteiger partial charge in [-0.05, 0) is 26.2 Å². The van der Waals surface area contributed by atoms with Gasteiger partial charge in [-0.15, -0.1) is 0 Å². The molecule has 0 aromatic rings. The van der Waals surface area contributed by atoms with Crippen molar-refractivity contribution in [3.05, 3.63) is 0 Å². The van der Waals surface area contributed by atoms with Crippen molar-refractivity contribution < 1.29 is 18.9 Å². The van der Waals surface area contributed by atoms with Crippen LogP contribution in [0.3, 0.4) is 0 Å². The van der Waals surface area contributed by atoms with Crippen molar-refractivity contribution in [3.8, 4) is 0 Å². The summed E-state index contributed by atoms with van der Waals surface area (Å²) >= 11 is 0. The number of phosphoric ester groups is 1. The van der Waals surface area contributed by atoms with Crippen LogP contribution in [0, 0.1) is 5.92 Å². The summed E-state index contributed by atoms with van der Waals surface area (Å²) in [5.74, 6) is 0.136. The van der Waals surface area contributed by atoms with Gasteiger partial charge in [0.1, 0.15) is 0 Å². The van der Waals surface area contributed by atoms with Gasteiger partial charge < -0.3 is 9.79 Å². The molecule has 2 N–H and O–H groups in total. The molecular formula is C12H27O4P. The molecule has 0 bridgehead atoms. The molecule has 5 heteroatoms. The SMILES string of the molecule is CCCCCCCC(C)C(C)(C)OP(=O)(O)O. The Hall–Kier alpha value is 0.110. The number of hydrogen-bond acceptors (Lipinski definition) is 2. The van der Waals surface area contributed by atoms with Crippen molar-refractivity contribution in [3.63, 3.8) is 0 Å². The lowest BCUT2D eigenvalue weighted by Gasteiger charge is -2.31. The van der Waals surface area contributed by atoms with Crippen LogP contribution >= 0.6 is 7.82 Å². The molecule has 0 radical (unpaired) electrons. The number of rotatable bonds is 9. The molecule has 0 amide bonds. The van der Waals surface area contributed by atoms with Gasteiger partial charge in [0, 0.05) is 0 Å². The summed E-state index contributed by atoms with van der Waals surface area (Å²) in [5.41, 5.74) is -0.774. The monoisotopic (exact) mass is 266 g/mol. The topological polar surface area (TPSA) is 66.8 Å². The van der Waals surface area contributed by atoms with E-state index in [-0.39, 0.29) is 5.92 Å². The standard InChI is InChI=1S/C12H27O4P/c1-5-6-7-8-9-10-11(2)12(3,4)16-17(13,14)15/h11H,5-10H2,1-4H3,(H2,13,14,15). The minimum absolute atomic E-state index is 0.136. The highest BCUT2D eigenvalue weighted by molar-refractivity contribution is 7.46. The van der Waals surface area contributed by atoms with Crippen molar-refractivity contribution in [1.29, 1.82) is 0 Å². The van der Waals surface area contributed by atoms with E-state index in [9.17, 15) is 4.57 Å². The van der Waals surface area contributed by atoms with Gasteiger partial charge in [-0.25, -0.2) is 4.57 Å². The zero-order valence-corrected chi connectivity index (χ0v) is 12.4.